The minimum absolute atomic E-state index is 0.0193. The molecule has 232 valence electrons. The molecule has 2 aliphatic rings. The molecule has 1 saturated heterocycles. The zero-order chi connectivity index (χ0) is 31.3. The number of nitrogens with one attached hydrogen (secondary N) is 4. The number of amides is 4. The zero-order valence-corrected chi connectivity index (χ0v) is 25.8. The lowest BCUT2D eigenvalue weighted by Gasteiger charge is -2.46. The molecule has 4 N–H and O–H groups in total. The van der Waals surface area contributed by atoms with E-state index in [1.165, 1.54) is 36.4 Å². The van der Waals surface area contributed by atoms with Crippen LogP contribution in [0.1, 0.15) is 53.9 Å². The molecule has 15 heteroatoms. The fourth-order valence-electron chi connectivity index (χ4n) is 5.83. The second-order valence-corrected chi connectivity index (χ2v) is 12.8. The van der Waals surface area contributed by atoms with E-state index in [1.807, 2.05) is 7.05 Å². The van der Waals surface area contributed by atoms with Crippen molar-refractivity contribution in [3.05, 3.63) is 43.7 Å². The highest BCUT2D eigenvalue weighted by Gasteiger charge is 2.37. The Balaban J connectivity index is 1.45. The van der Waals surface area contributed by atoms with E-state index in [0.717, 1.165) is 37.1 Å². The number of carbonyl (C=O) groups is 5. The summed E-state index contributed by atoms with van der Waals surface area (Å²) in [7, 11) is 3.31. The van der Waals surface area contributed by atoms with Gasteiger partial charge in [0.1, 0.15) is 24.0 Å². The molecule has 1 aliphatic carbocycles. The number of hydrogen-bond acceptors (Lipinski definition) is 9. The van der Waals surface area contributed by atoms with Gasteiger partial charge in [0.2, 0.25) is 17.6 Å². The van der Waals surface area contributed by atoms with Crippen molar-refractivity contribution >= 4 is 58.0 Å². The third-order valence-electron chi connectivity index (χ3n) is 7.94. The van der Waals surface area contributed by atoms with Crippen LogP contribution < -0.4 is 26.8 Å². The smallest absolute Gasteiger partial charge is 0.287 e. The van der Waals surface area contributed by atoms with Crippen LogP contribution >= 0.6 is 22.9 Å². The molecule has 2 aromatic rings. The molecular weight excluding hydrogens is 598 g/mol. The van der Waals surface area contributed by atoms with Crippen LogP contribution in [0, 0.1) is 18.8 Å². The molecule has 4 unspecified atom stereocenters. The summed E-state index contributed by atoms with van der Waals surface area (Å²) in [5.74, 6) is -2.39. The first-order chi connectivity index (χ1) is 20.5. The number of carbonyl (C=O) groups excluding carboxylic acids is 5. The van der Waals surface area contributed by atoms with Crippen LogP contribution in [0.15, 0.2) is 23.1 Å². The van der Waals surface area contributed by atoms with E-state index in [0.29, 0.717) is 16.7 Å². The van der Waals surface area contributed by atoms with Crippen LogP contribution in [-0.4, -0.2) is 76.7 Å². The number of nitrogens with zero attached hydrogens (tertiary/aromatic N) is 3. The maximum Gasteiger partial charge on any atom is 0.287 e. The summed E-state index contributed by atoms with van der Waals surface area (Å²) < 4.78 is 1.34. The van der Waals surface area contributed by atoms with Crippen molar-refractivity contribution in [2.24, 2.45) is 11.8 Å². The molecule has 3 heterocycles. The minimum Gasteiger partial charge on any atom is -0.353 e. The molecule has 0 aromatic carbocycles. The van der Waals surface area contributed by atoms with E-state index in [-0.39, 0.29) is 47.3 Å². The summed E-state index contributed by atoms with van der Waals surface area (Å²) in [6.45, 7) is 2.32. The quantitative estimate of drug-likeness (QED) is 0.268. The zero-order valence-electron chi connectivity index (χ0n) is 24.3. The van der Waals surface area contributed by atoms with Gasteiger partial charge in [-0.3, -0.25) is 33.7 Å². The molecule has 1 saturated carbocycles. The van der Waals surface area contributed by atoms with Crippen molar-refractivity contribution in [2.75, 3.05) is 26.0 Å². The fraction of sp³-hybridized carbons (Fsp3) is 0.536. The van der Waals surface area contributed by atoms with Gasteiger partial charge in [-0.15, -0.1) is 11.3 Å². The van der Waals surface area contributed by atoms with Gasteiger partial charge in [0.25, 0.3) is 17.4 Å². The third kappa shape index (κ3) is 8.06. The Morgan fingerprint density at radius 3 is 2.67 bits per heavy atom. The number of pyridine rings is 1. The lowest BCUT2D eigenvalue weighted by atomic mass is 9.76. The highest BCUT2D eigenvalue weighted by molar-refractivity contribution is 7.15. The SMILES string of the molecule is CNC(=O)C(=O)CCC(NC(=O)c1nc(Cl)sc1C)C(=O)Nc1cccn(CC(=O)NC2C3CCCC(C3)CN2C)c1=O. The molecule has 2 aromatic heterocycles. The number of aromatic nitrogens is 2. The molecule has 1 aliphatic heterocycles. The number of ketones is 1. The maximum absolute atomic E-state index is 13.3. The number of piperidine rings is 1. The summed E-state index contributed by atoms with van der Waals surface area (Å²) in [5.41, 5.74) is -0.713. The maximum atomic E-state index is 13.3. The predicted octanol–water partition coefficient (Wildman–Crippen LogP) is 1.29. The van der Waals surface area contributed by atoms with Crippen LogP contribution in [0.3, 0.4) is 0 Å². The van der Waals surface area contributed by atoms with Crippen molar-refractivity contribution in [1.29, 1.82) is 0 Å². The molecular formula is C28H36ClN7O6S. The average Bonchev–Trinajstić information content (AvgIpc) is 3.32. The highest BCUT2D eigenvalue weighted by atomic mass is 35.5. The topological polar surface area (TPSA) is 172 Å². The number of thiazole rings is 1. The summed E-state index contributed by atoms with van der Waals surface area (Å²) >= 11 is 7.00. The van der Waals surface area contributed by atoms with E-state index >= 15 is 0 Å². The molecule has 2 fully saturated rings. The molecule has 4 atom stereocenters. The number of halogens is 1. The Morgan fingerprint density at radius 1 is 1.21 bits per heavy atom. The highest BCUT2D eigenvalue weighted by Crippen LogP contribution is 2.36. The Bertz CT molecular complexity index is 1460. The lowest BCUT2D eigenvalue weighted by Crippen LogP contribution is -2.57. The van der Waals surface area contributed by atoms with Crippen LogP contribution in [0.4, 0.5) is 5.69 Å². The van der Waals surface area contributed by atoms with Gasteiger partial charge in [0.15, 0.2) is 4.47 Å². The third-order valence-corrected chi connectivity index (χ3v) is 9.01. The van der Waals surface area contributed by atoms with E-state index < -0.39 is 35.1 Å². The normalized spacial score (nSPS) is 20.5. The second-order valence-electron chi connectivity index (χ2n) is 11.0. The fourth-order valence-corrected chi connectivity index (χ4v) is 6.89. The number of likely N-dealkylation sites (tertiary alicyclic amines) is 1. The monoisotopic (exact) mass is 633 g/mol. The van der Waals surface area contributed by atoms with Gasteiger partial charge in [-0.25, -0.2) is 4.98 Å². The Hall–Kier alpha value is -3.62. The average molecular weight is 634 g/mol. The standard InChI is InChI=1S/C28H36ClN7O6S/c1-15-22(34-28(29)43-15)26(41)31-18(9-10-20(37)25(40)30-2)24(39)32-19-8-5-11-36(27(19)42)14-21(38)33-23-17-7-4-6-16(12-17)13-35(23)3/h5,8,11,16-18,23H,4,6-7,9-10,12-14H2,1-3H3,(H,30,40)(H,31,41)(H,32,39)(H,33,38). The Morgan fingerprint density at radius 2 is 1.98 bits per heavy atom. The molecule has 0 radical (unpaired) electrons. The first-order valence-electron chi connectivity index (χ1n) is 14.2. The van der Waals surface area contributed by atoms with E-state index in [1.54, 1.807) is 6.92 Å². The van der Waals surface area contributed by atoms with Crippen molar-refractivity contribution < 1.29 is 24.0 Å². The molecule has 4 amide bonds. The Kier molecular flexibility index (Phi) is 10.7. The van der Waals surface area contributed by atoms with Gasteiger partial charge in [-0.1, -0.05) is 18.0 Å². The second kappa shape index (κ2) is 14.2. The van der Waals surface area contributed by atoms with Gasteiger partial charge >= 0.3 is 0 Å². The van der Waals surface area contributed by atoms with Crippen LogP contribution in [0.25, 0.3) is 0 Å². The number of rotatable bonds is 11. The van der Waals surface area contributed by atoms with Crippen molar-refractivity contribution in [1.82, 2.24) is 30.4 Å². The lowest BCUT2D eigenvalue weighted by molar-refractivity contribution is -0.137. The number of Topliss-reactive ketones (excluding diaryl/α,β-unsaturated/α-hetero) is 1. The molecule has 13 nitrogen and oxygen atoms in total. The summed E-state index contributed by atoms with van der Waals surface area (Å²) in [5, 5.41) is 10.3. The summed E-state index contributed by atoms with van der Waals surface area (Å²) in [6, 6.07) is 1.61. The van der Waals surface area contributed by atoms with Crippen molar-refractivity contribution in [3.63, 3.8) is 0 Å². The van der Waals surface area contributed by atoms with Crippen LogP contribution in [0.5, 0.6) is 0 Å². The number of hydrogen-bond donors (Lipinski definition) is 4. The molecule has 0 spiro atoms. The largest absolute Gasteiger partial charge is 0.353 e. The van der Waals surface area contributed by atoms with Gasteiger partial charge in [-0.2, -0.15) is 0 Å². The number of fused-ring (bicyclic) bond motifs is 2. The van der Waals surface area contributed by atoms with Crippen LogP contribution in [-0.2, 0) is 25.7 Å². The van der Waals surface area contributed by atoms with Gasteiger partial charge in [-0.05, 0) is 63.6 Å². The minimum atomic E-state index is -1.29. The summed E-state index contributed by atoms with van der Waals surface area (Å²) in [6.07, 6.45) is 5.29. The first-order valence-corrected chi connectivity index (χ1v) is 15.3. The van der Waals surface area contributed by atoms with E-state index in [4.69, 9.17) is 11.6 Å². The number of anilines is 1. The Labute approximate surface area is 257 Å². The van der Waals surface area contributed by atoms with Gasteiger partial charge < -0.3 is 25.8 Å². The first kappa shape index (κ1) is 32.3. The predicted molar refractivity (Wildman–Crippen MR) is 161 cm³/mol. The van der Waals surface area contributed by atoms with Crippen molar-refractivity contribution in [2.45, 2.75) is 64.2 Å². The van der Waals surface area contributed by atoms with E-state index in [9.17, 15) is 28.8 Å². The van der Waals surface area contributed by atoms with Gasteiger partial charge in [0.05, 0.1) is 6.17 Å². The molecule has 43 heavy (non-hydrogen) atoms. The van der Waals surface area contributed by atoms with Crippen LogP contribution in [0.2, 0.25) is 4.47 Å². The number of likely N-dealkylation sites (N-methyl/N-ethyl adjacent to an activating group) is 1. The molecule has 4 rings (SSSR count). The van der Waals surface area contributed by atoms with Crippen molar-refractivity contribution in [3.8, 4) is 0 Å². The summed E-state index contributed by atoms with van der Waals surface area (Å²) in [4.78, 5) is 82.9. The van der Waals surface area contributed by atoms with Gasteiger partial charge in [0, 0.05) is 31.1 Å². The molecule has 2 bridgehead atoms. The number of aryl methyl sites for hydroxylation is 1. The van der Waals surface area contributed by atoms with E-state index in [2.05, 4.69) is 31.2 Å².